The van der Waals surface area contributed by atoms with Crippen LogP contribution in [0.5, 0.6) is 0 Å². The number of hydrogen-bond donors (Lipinski definition) is 0. The second kappa shape index (κ2) is 3.78. The highest BCUT2D eigenvalue weighted by atomic mass is 19.1. The van der Waals surface area contributed by atoms with E-state index in [0.29, 0.717) is 11.5 Å². The molecule has 0 atom stereocenters. The van der Waals surface area contributed by atoms with Gasteiger partial charge in [0.15, 0.2) is 5.69 Å². The Labute approximate surface area is 92.8 Å². The van der Waals surface area contributed by atoms with Gasteiger partial charge in [-0.1, -0.05) is 0 Å². The molecule has 80 valence electrons. The third-order valence-electron chi connectivity index (χ3n) is 2.59. The van der Waals surface area contributed by atoms with Crippen LogP contribution >= 0.6 is 0 Å². The van der Waals surface area contributed by atoms with E-state index in [1.54, 1.807) is 12.1 Å². The Morgan fingerprint density at radius 3 is 2.44 bits per heavy atom. The largest absolute Gasteiger partial charge is 0.330 e. The molecule has 0 bridgehead atoms. The minimum Gasteiger partial charge on any atom is -0.330 e. The molecule has 0 spiro atoms. The topological polar surface area (TPSA) is 41.6 Å². The first-order valence-corrected chi connectivity index (χ1v) is 4.83. The van der Waals surface area contributed by atoms with E-state index in [4.69, 9.17) is 5.26 Å². The lowest BCUT2D eigenvalue weighted by Crippen LogP contribution is -1.94. The number of halogens is 1. The molecule has 0 amide bonds. The molecule has 0 saturated heterocycles. The normalized spacial score (nSPS) is 10.1. The molecule has 0 N–H and O–H groups in total. The van der Waals surface area contributed by atoms with Gasteiger partial charge in [-0.2, -0.15) is 5.26 Å². The van der Waals surface area contributed by atoms with Crippen molar-refractivity contribution >= 4 is 0 Å². The number of nitriles is 1. The van der Waals surface area contributed by atoms with E-state index in [1.807, 2.05) is 24.6 Å². The summed E-state index contributed by atoms with van der Waals surface area (Å²) in [7, 11) is 1.84. The monoisotopic (exact) mass is 215 g/mol. The molecule has 2 aromatic rings. The summed E-state index contributed by atoms with van der Waals surface area (Å²) in [5.41, 5.74) is 2.01. The van der Waals surface area contributed by atoms with Gasteiger partial charge >= 0.3 is 0 Å². The van der Waals surface area contributed by atoms with Crippen molar-refractivity contribution < 1.29 is 4.39 Å². The van der Waals surface area contributed by atoms with Crippen molar-refractivity contribution in [3.05, 3.63) is 41.5 Å². The average Bonchev–Trinajstić information content (AvgIpc) is 2.57. The highest BCUT2D eigenvalue weighted by Gasteiger charge is 2.11. The number of imidazole rings is 1. The van der Waals surface area contributed by atoms with Crippen LogP contribution in [0.15, 0.2) is 24.3 Å². The number of rotatable bonds is 1. The van der Waals surface area contributed by atoms with E-state index in [0.717, 1.165) is 11.3 Å². The van der Waals surface area contributed by atoms with Gasteiger partial charge < -0.3 is 4.57 Å². The number of hydrogen-bond acceptors (Lipinski definition) is 2. The Hall–Kier alpha value is -2.15. The van der Waals surface area contributed by atoms with E-state index in [2.05, 4.69) is 4.98 Å². The fourth-order valence-electron chi connectivity index (χ4n) is 1.54. The Kier molecular flexibility index (Phi) is 2.45. The van der Waals surface area contributed by atoms with Crippen LogP contribution in [0.2, 0.25) is 0 Å². The van der Waals surface area contributed by atoms with Gasteiger partial charge in [-0.15, -0.1) is 0 Å². The molecule has 0 radical (unpaired) electrons. The van der Waals surface area contributed by atoms with Crippen LogP contribution < -0.4 is 0 Å². The minimum atomic E-state index is -0.282. The lowest BCUT2D eigenvalue weighted by molar-refractivity contribution is 0.628. The van der Waals surface area contributed by atoms with Crippen molar-refractivity contribution in [2.75, 3.05) is 0 Å². The molecule has 4 heteroatoms. The van der Waals surface area contributed by atoms with Gasteiger partial charge in [0.25, 0.3) is 0 Å². The van der Waals surface area contributed by atoms with Crippen LogP contribution in [0.25, 0.3) is 11.4 Å². The molecule has 16 heavy (non-hydrogen) atoms. The molecular weight excluding hydrogens is 205 g/mol. The smallest absolute Gasteiger partial charge is 0.162 e. The molecule has 0 unspecified atom stereocenters. The molecule has 0 aliphatic carbocycles. The fraction of sp³-hybridized carbons (Fsp3) is 0.167. The number of benzene rings is 1. The zero-order valence-corrected chi connectivity index (χ0v) is 9.03. The van der Waals surface area contributed by atoms with Gasteiger partial charge in [0, 0.05) is 12.6 Å². The molecule has 0 fully saturated rings. The summed E-state index contributed by atoms with van der Waals surface area (Å²) in [6.07, 6.45) is 0. The van der Waals surface area contributed by atoms with Gasteiger partial charge in [-0.05, 0) is 31.2 Å². The van der Waals surface area contributed by atoms with Crippen LogP contribution in [0.3, 0.4) is 0 Å². The number of aromatic nitrogens is 2. The van der Waals surface area contributed by atoms with E-state index in [-0.39, 0.29) is 5.82 Å². The van der Waals surface area contributed by atoms with Gasteiger partial charge in [0.1, 0.15) is 17.7 Å². The first-order valence-electron chi connectivity index (χ1n) is 4.83. The molecule has 0 saturated carbocycles. The summed E-state index contributed by atoms with van der Waals surface area (Å²) >= 11 is 0. The van der Waals surface area contributed by atoms with Crippen LogP contribution in [0.4, 0.5) is 4.39 Å². The van der Waals surface area contributed by atoms with Crippen LogP contribution in [-0.2, 0) is 7.05 Å². The first kappa shape index (κ1) is 10.4. The molecule has 0 aliphatic heterocycles. The fourth-order valence-corrected chi connectivity index (χ4v) is 1.54. The maximum atomic E-state index is 12.8. The molecule has 1 aromatic heterocycles. The second-order valence-corrected chi connectivity index (χ2v) is 3.55. The molecule has 2 rings (SSSR count). The second-order valence-electron chi connectivity index (χ2n) is 3.55. The summed E-state index contributed by atoms with van der Waals surface area (Å²) in [6.45, 7) is 1.83. The predicted octanol–water partition coefficient (Wildman–Crippen LogP) is 2.41. The summed E-state index contributed by atoms with van der Waals surface area (Å²) < 4.78 is 14.6. The predicted molar refractivity (Wildman–Crippen MR) is 58.1 cm³/mol. The van der Waals surface area contributed by atoms with Crippen molar-refractivity contribution in [1.82, 2.24) is 9.55 Å². The Bertz CT molecular complexity index is 561. The lowest BCUT2D eigenvalue weighted by Gasteiger charge is -2.02. The van der Waals surface area contributed by atoms with Crippen LogP contribution in [0, 0.1) is 24.1 Å². The van der Waals surface area contributed by atoms with Crippen molar-refractivity contribution in [3.8, 4) is 17.5 Å². The third-order valence-corrected chi connectivity index (χ3v) is 2.59. The summed E-state index contributed by atoms with van der Waals surface area (Å²) in [4.78, 5) is 4.21. The maximum Gasteiger partial charge on any atom is 0.162 e. The molecular formula is C12H10FN3. The third kappa shape index (κ3) is 1.57. The lowest BCUT2D eigenvalue weighted by atomic mass is 10.2. The van der Waals surface area contributed by atoms with E-state index in [9.17, 15) is 4.39 Å². The van der Waals surface area contributed by atoms with Gasteiger partial charge in [0.05, 0.1) is 5.69 Å². The van der Waals surface area contributed by atoms with Crippen molar-refractivity contribution in [2.45, 2.75) is 6.92 Å². The van der Waals surface area contributed by atoms with E-state index in [1.165, 1.54) is 12.1 Å². The molecule has 0 aliphatic rings. The van der Waals surface area contributed by atoms with Gasteiger partial charge in [-0.25, -0.2) is 9.37 Å². The standard InChI is InChI=1S/C12H10FN3/c1-8-11(7-14)15-12(16(8)2)9-3-5-10(13)6-4-9/h3-6H,1-2H3. The highest BCUT2D eigenvalue weighted by Crippen LogP contribution is 2.20. The zero-order valence-electron chi connectivity index (χ0n) is 9.03. The quantitative estimate of drug-likeness (QED) is 0.733. The molecule has 1 aromatic carbocycles. The summed E-state index contributed by atoms with van der Waals surface area (Å²) in [6, 6.07) is 8.09. The van der Waals surface area contributed by atoms with E-state index < -0.39 is 0 Å². The SMILES string of the molecule is Cc1c(C#N)nc(-c2ccc(F)cc2)n1C. The Morgan fingerprint density at radius 1 is 1.31 bits per heavy atom. The molecule has 1 heterocycles. The van der Waals surface area contributed by atoms with Crippen LogP contribution in [-0.4, -0.2) is 9.55 Å². The van der Waals surface area contributed by atoms with Crippen molar-refractivity contribution in [3.63, 3.8) is 0 Å². The summed E-state index contributed by atoms with van der Waals surface area (Å²) in [5, 5.41) is 8.86. The first-order chi connectivity index (χ1) is 7.63. The average molecular weight is 215 g/mol. The Morgan fingerprint density at radius 2 is 1.94 bits per heavy atom. The van der Waals surface area contributed by atoms with Gasteiger partial charge in [-0.3, -0.25) is 0 Å². The van der Waals surface area contributed by atoms with Crippen molar-refractivity contribution in [1.29, 1.82) is 5.26 Å². The zero-order chi connectivity index (χ0) is 11.7. The highest BCUT2D eigenvalue weighted by molar-refractivity contribution is 5.57. The molecule has 3 nitrogen and oxygen atoms in total. The van der Waals surface area contributed by atoms with Crippen LogP contribution in [0.1, 0.15) is 11.4 Å². The minimum absolute atomic E-state index is 0.282. The van der Waals surface area contributed by atoms with E-state index >= 15 is 0 Å². The maximum absolute atomic E-state index is 12.8. The Balaban J connectivity index is 2.57. The van der Waals surface area contributed by atoms with Crippen molar-refractivity contribution in [2.24, 2.45) is 7.05 Å². The van der Waals surface area contributed by atoms with Gasteiger partial charge in [0.2, 0.25) is 0 Å². The summed E-state index contributed by atoms with van der Waals surface area (Å²) in [5.74, 6) is 0.393. The number of nitrogens with zero attached hydrogens (tertiary/aromatic N) is 3.